The molecule has 0 aliphatic rings. The van der Waals surface area contributed by atoms with Gasteiger partial charge >= 0.3 is 0 Å². The van der Waals surface area contributed by atoms with E-state index >= 15 is 0 Å². The Kier molecular flexibility index (Phi) is 5.96. The van der Waals surface area contributed by atoms with E-state index in [9.17, 15) is 0 Å². The van der Waals surface area contributed by atoms with Crippen LogP contribution in [0.25, 0.3) is 99.2 Å². The van der Waals surface area contributed by atoms with Crippen molar-refractivity contribution in [3.8, 4) is 33.6 Å². The second-order valence-corrected chi connectivity index (χ2v) is 13.3. The fraction of sp³-hybridized carbons (Fsp3) is 0. The quantitative estimate of drug-likeness (QED) is 0.186. The van der Waals surface area contributed by atoms with Crippen LogP contribution in [-0.2, 0) is 0 Å². The van der Waals surface area contributed by atoms with Gasteiger partial charge in [-0.25, -0.2) is 0 Å². The molecule has 0 saturated carbocycles. The smallest absolute Gasteiger partial charge is 0.136 e. The molecule has 0 spiro atoms. The van der Waals surface area contributed by atoms with E-state index in [-0.39, 0.29) is 0 Å². The topological polar surface area (TPSA) is 23.0 Å². The third-order valence-electron chi connectivity index (χ3n) is 10.5. The number of rotatable bonds is 4. The molecule has 0 saturated heterocycles. The summed E-state index contributed by atoms with van der Waals surface area (Å²) in [7, 11) is 0. The Labute approximate surface area is 293 Å². The van der Waals surface area contributed by atoms with Crippen molar-refractivity contribution >= 4 is 65.6 Å². The number of aromatic nitrogens is 2. The molecule has 0 fully saturated rings. The van der Waals surface area contributed by atoms with E-state index < -0.39 is 0 Å². The summed E-state index contributed by atoms with van der Waals surface area (Å²) in [6.07, 6.45) is 0. The zero-order chi connectivity index (χ0) is 33.5. The minimum Gasteiger partial charge on any atom is -0.456 e. The molecule has 0 aliphatic heterocycles. The predicted octanol–water partition coefficient (Wildman–Crippen LogP) is 13.1. The summed E-state index contributed by atoms with van der Waals surface area (Å²) in [5, 5.41) is 7.24. The first-order valence-electron chi connectivity index (χ1n) is 17.4. The number of nitrogens with zero attached hydrogens (tertiary/aromatic N) is 2. The summed E-state index contributed by atoms with van der Waals surface area (Å²) in [5.41, 5.74) is 13.5. The third kappa shape index (κ3) is 4.06. The molecule has 0 atom stereocenters. The molecule has 3 nitrogen and oxygen atoms in total. The molecule has 51 heavy (non-hydrogen) atoms. The van der Waals surface area contributed by atoms with Gasteiger partial charge in [-0.2, -0.15) is 0 Å². The molecule has 238 valence electrons. The van der Waals surface area contributed by atoms with Crippen LogP contribution in [0.15, 0.2) is 186 Å². The van der Waals surface area contributed by atoms with Gasteiger partial charge in [-0.3, -0.25) is 0 Å². The average Bonchev–Trinajstić information content (AvgIpc) is 3.85. The molecule has 3 heteroatoms. The maximum Gasteiger partial charge on any atom is 0.136 e. The molecule has 8 aromatic carbocycles. The molecule has 11 rings (SSSR count). The van der Waals surface area contributed by atoms with Gasteiger partial charge < -0.3 is 13.6 Å². The van der Waals surface area contributed by atoms with Crippen molar-refractivity contribution < 1.29 is 4.42 Å². The fourth-order valence-corrected chi connectivity index (χ4v) is 8.40. The Morgan fingerprint density at radius 3 is 1.65 bits per heavy atom. The maximum absolute atomic E-state index is 6.35. The van der Waals surface area contributed by atoms with Crippen LogP contribution in [0.3, 0.4) is 0 Å². The summed E-state index contributed by atoms with van der Waals surface area (Å²) in [6, 6.07) is 65.5. The number of furan rings is 1. The van der Waals surface area contributed by atoms with Gasteiger partial charge in [0, 0.05) is 49.1 Å². The number of benzene rings is 8. The Morgan fingerprint density at radius 1 is 0.333 bits per heavy atom. The Bertz CT molecular complexity index is 3090. The lowest BCUT2D eigenvalue weighted by Gasteiger charge is -2.20. The lowest BCUT2D eigenvalue weighted by Crippen LogP contribution is -2.01. The van der Waals surface area contributed by atoms with E-state index in [1.807, 2.05) is 6.07 Å². The van der Waals surface area contributed by atoms with Gasteiger partial charge in [0.05, 0.1) is 27.8 Å². The highest BCUT2D eigenvalue weighted by atomic mass is 16.3. The van der Waals surface area contributed by atoms with Gasteiger partial charge in [0.15, 0.2) is 0 Å². The van der Waals surface area contributed by atoms with Crippen LogP contribution in [0, 0.1) is 0 Å². The molecule has 0 amide bonds. The van der Waals surface area contributed by atoms with Gasteiger partial charge in [-0.05, 0) is 59.7 Å². The summed E-state index contributed by atoms with van der Waals surface area (Å²) < 4.78 is 11.2. The van der Waals surface area contributed by atoms with E-state index in [0.717, 1.165) is 33.3 Å². The molecular weight excluding hydrogens is 621 g/mol. The first-order valence-corrected chi connectivity index (χ1v) is 17.4. The fourth-order valence-electron chi connectivity index (χ4n) is 8.40. The van der Waals surface area contributed by atoms with Gasteiger partial charge in [-0.1, -0.05) is 133 Å². The molecule has 3 aromatic heterocycles. The summed E-state index contributed by atoms with van der Waals surface area (Å²) >= 11 is 0. The third-order valence-corrected chi connectivity index (χ3v) is 10.5. The molecule has 0 N–H and O–H groups in total. The Morgan fingerprint density at radius 2 is 0.902 bits per heavy atom. The SMILES string of the molecule is c1ccc(-c2cccc(-c3cccc(-n4c5ccccc5c5c6c(ccc54)oc4ccccc46)c3)c2-n2c3ccccc3c3ccccc32)cc1. The van der Waals surface area contributed by atoms with Crippen LogP contribution < -0.4 is 0 Å². The molecule has 0 unspecified atom stereocenters. The second-order valence-electron chi connectivity index (χ2n) is 13.3. The molecule has 0 bridgehead atoms. The van der Waals surface area contributed by atoms with Crippen molar-refractivity contribution in [3.63, 3.8) is 0 Å². The number of para-hydroxylation sites is 5. The maximum atomic E-state index is 6.35. The number of hydrogen-bond acceptors (Lipinski definition) is 1. The molecule has 0 aliphatic carbocycles. The number of fused-ring (bicyclic) bond motifs is 10. The van der Waals surface area contributed by atoms with Crippen LogP contribution >= 0.6 is 0 Å². The van der Waals surface area contributed by atoms with Crippen molar-refractivity contribution in [2.45, 2.75) is 0 Å². The standard InChI is InChI=1S/C48H30N2O/c1-2-14-31(15-3-1)34-22-13-23-35(48(34)50-40-24-8-4-18-36(40)37-19-5-9-25-41(37)50)32-16-12-17-33(30-32)49-42-26-10-6-20-38(42)46-43(49)28-29-45-47(46)39-21-7-11-27-44(39)51-45/h1-30H. The van der Waals surface area contributed by atoms with Crippen molar-refractivity contribution in [2.75, 3.05) is 0 Å². The van der Waals surface area contributed by atoms with Gasteiger partial charge in [0.1, 0.15) is 11.2 Å². The van der Waals surface area contributed by atoms with Crippen LogP contribution in [-0.4, -0.2) is 9.13 Å². The minimum absolute atomic E-state index is 0.911. The van der Waals surface area contributed by atoms with E-state index in [4.69, 9.17) is 4.42 Å². The van der Waals surface area contributed by atoms with Crippen LogP contribution in [0.1, 0.15) is 0 Å². The monoisotopic (exact) mass is 650 g/mol. The van der Waals surface area contributed by atoms with Crippen LogP contribution in [0.4, 0.5) is 0 Å². The Balaban J connectivity index is 1.21. The van der Waals surface area contributed by atoms with Gasteiger partial charge in [0.25, 0.3) is 0 Å². The van der Waals surface area contributed by atoms with E-state index in [1.165, 1.54) is 65.9 Å². The average molecular weight is 651 g/mol. The lowest BCUT2D eigenvalue weighted by molar-refractivity contribution is 0.669. The Hall–Kier alpha value is -6.84. The van der Waals surface area contributed by atoms with Crippen LogP contribution in [0.2, 0.25) is 0 Å². The van der Waals surface area contributed by atoms with Crippen LogP contribution in [0.5, 0.6) is 0 Å². The second kappa shape index (κ2) is 10.8. The molecule has 3 heterocycles. The van der Waals surface area contributed by atoms with E-state index in [1.54, 1.807) is 0 Å². The zero-order valence-electron chi connectivity index (χ0n) is 27.6. The zero-order valence-corrected chi connectivity index (χ0v) is 27.6. The van der Waals surface area contributed by atoms with Crippen molar-refractivity contribution in [2.24, 2.45) is 0 Å². The summed E-state index contributed by atoms with van der Waals surface area (Å²) in [5.74, 6) is 0. The van der Waals surface area contributed by atoms with E-state index in [2.05, 4.69) is 185 Å². The molecule has 11 aromatic rings. The minimum atomic E-state index is 0.911. The highest BCUT2D eigenvalue weighted by molar-refractivity contribution is 6.27. The molecular formula is C48H30N2O. The summed E-state index contributed by atoms with van der Waals surface area (Å²) in [4.78, 5) is 0. The van der Waals surface area contributed by atoms with Gasteiger partial charge in [-0.15, -0.1) is 0 Å². The van der Waals surface area contributed by atoms with Crippen molar-refractivity contribution in [3.05, 3.63) is 182 Å². The van der Waals surface area contributed by atoms with Gasteiger partial charge in [0.2, 0.25) is 0 Å². The highest BCUT2D eigenvalue weighted by Crippen LogP contribution is 2.44. The highest BCUT2D eigenvalue weighted by Gasteiger charge is 2.21. The largest absolute Gasteiger partial charge is 0.456 e. The first kappa shape index (κ1) is 28.0. The normalized spacial score (nSPS) is 11.9. The molecule has 0 radical (unpaired) electrons. The predicted molar refractivity (Wildman–Crippen MR) is 213 cm³/mol. The first-order chi connectivity index (χ1) is 25.3. The van der Waals surface area contributed by atoms with Crippen molar-refractivity contribution in [1.29, 1.82) is 0 Å². The number of hydrogen-bond donors (Lipinski definition) is 0. The lowest BCUT2D eigenvalue weighted by atomic mass is 9.95. The van der Waals surface area contributed by atoms with Crippen molar-refractivity contribution in [1.82, 2.24) is 9.13 Å². The summed E-state index contributed by atoms with van der Waals surface area (Å²) in [6.45, 7) is 0. The van der Waals surface area contributed by atoms with E-state index in [0.29, 0.717) is 0 Å².